The van der Waals surface area contributed by atoms with Crippen molar-refractivity contribution in [3.8, 4) is 0 Å². The number of fused-ring (bicyclic) bond motifs is 1. The molecule has 2 rings (SSSR count). The van der Waals surface area contributed by atoms with E-state index in [-0.39, 0.29) is 0 Å². The van der Waals surface area contributed by atoms with Crippen molar-refractivity contribution in [2.24, 2.45) is 0 Å². The van der Waals surface area contributed by atoms with Gasteiger partial charge < -0.3 is 10.1 Å². The van der Waals surface area contributed by atoms with Gasteiger partial charge in [0.2, 0.25) is 0 Å². The van der Waals surface area contributed by atoms with Gasteiger partial charge in [-0.15, -0.1) is 0 Å². The van der Waals surface area contributed by atoms with E-state index in [4.69, 9.17) is 4.74 Å². The molecule has 1 N–H and O–H groups in total. The lowest BCUT2D eigenvalue weighted by atomic mass is 10.0. The van der Waals surface area contributed by atoms with Crippen LogP contribution in [0.25, 0.3) is 0 Å². The molecule has 4 unspecified atom stereocenters. The Kier molecular flexibility index (Phi) is 3.65. The maximum atomic E-state index is 5.83. The summed E-state index contributed by atoms with van der Waals surface area (Å²) in [4.78, 5) is 2.66. The van der Waals surface area contributed by atoms with Gasteiger partial charge in [0.1, 0.15) is 0 Å². The minimum absolute atomic E-state index is 0.519. The predicted octanol–water partition coefficient (Wildman–Crippen LogP) is 1.24. The van der Waals surface area contributed by atoms with Crippen LogP contribution in [0.2, 0.25) is 0 Å². The second-order valence-corrected chi connectivity index (χ2v) is 4.96. The van der Waals surface area contributed by atoms with E-state index in [0.717, 1.165) is 13.2 Å². The van der Waals surface area contributed by atoms with Gasteiger partial charge in [0, 0.05) is 24.7 Å². The van der Waals surface area contributed by atoms with Gasteiger partial charge in [-0.3, -0.25) is 4.90 Å². The van der Waals surface area contributed by atoms with Crippen LogP contribution < -0.4 is 5.32 Å². The summed E-state index contributed by atoms with van der Waals surface area (Å²) in [6, 6.07) is 1.86. The topological polar surface area (TPSA) is 24.5 Å². The van der Waals surface area contributed by atoms with Gasteiger partial charge in [-0.25, -0.2) is 0 Å². The molecule has 0 bridgehead atoms. The summed E-state index contributed by atoms with van der Waals surface area (Å²) in [7, 11) is 2.05. The third-order valence-electron chi connectivity index (χ3n) is 4.23. The molecule has 2 fully saturated rings. The summed E-state index contributed by atoms with van der Waals surface area (Å²) in [5.41, 5.74) is 0. The van der Waals surface area contributed by atoms with Crippen molar-refractivity contribution in [2.75, 3.05) is 20.2 Å². The average molecular weight is 212 g/mol. The van der Waals surface area contributed by atoms with Crippen LogP contribution in [-0.4, -0.2) is 49.3 Å². The van der Waals surface area contributed by atoms with Crippen LogP contribution in [0.15, 0.2) is 0 Å². The Balaban J connectivity index is 2.00. The van der Waals surface area contributed by atoms with E-state index in [9.17, 15) is 0 Å². The summed E-state index contributed by atoms with van der Waals surface area (Å²) in [6.07, 6.45) is 4.45. The lowest BCUT2D eigenvalue weighted by Gasteiger charge is -2.43. The first-order chi connectivity index (χ1) is 7.24. The molecule has 4 atom stereocenters. The van der Waals surface area contributed by atoms with Crippen LogP contribution in [0, 0.1) is 0 Å². The molecule has 0 aromatic heterocycles. The normalized spacial score (nSPS) is 36.2. The predicted molar refractivity (Wildman–Crippen MR) is 62.1 cm³/mol. The zero-order valence-corrected chi connectivity index (χ0v) is 10.2. The maximum absolute atomic E-state index is 5.83. The Morgan fingerprint density at radius 2 is 2.13 bits per heavy atom. The highest BCUT2D eigenvalue weighted by molar-refractivity contribution is 4.93. The molecule has 1 heterocycles. The summed E-state index contributed by atoms with van der Waals surface area (Å²) in [6.45, 7) is 6.63. The molecule has 88 valence electrons. The molecule has 3 heteroatoms. The van der Waals surface area contributed by atoms with Crippen LogP contribution in [0.3, 0.4) is 0 Å². The summed E-state index contributed by atoms with van der Waals surface area (Å²) < 4.78 is 5.83. The molecule has 0 amide bonds. The Bertz CT molecular complexity index is 210. The summed E-state index contributed by atoms with van der Waals surface area (Å²) in [5.74, 6) is 0. The van der Waals surface area contributed by atoms with Crippen LogP contribution in [0.4, 0.5) is 0 Å². The van der Waals surface area contributed by atoms with E-state index in [0.29, 0.717) is 24.2 Å². The molecule has 1 saturated heterocycles. The summed E-state index contributed by atoms with van der Waals surface area (Å²) >= 11 is 0. The van der Waals surface area contributed by atoms with Gasteiger partial charge in [0.05, 0.1) is 12.7 Å². The van der Waals surface area contributed by atoms with Gasteiger partial charge in [0.25, 0.3) is 0 Å². The number of hydrogen-bond donors (Lipinski definition) is 1. The molecule has 1 aliphatic carbocycles. The number of nitrogens with one attached hydrogen (secondary N) is 1. The Labute approximate surface area is 93.2 Å². The van der Waals surface area contributed by atoms with Gasteiger partial charge in [-0.2, -0.15) is 0 Å². The van der Waals surface area contributed by atoms with Crippen LogP contribution >= 0.6 is 0 Å². The molecule has 0 spiro atoms. The quantitative estimate of drug-likeness (QED) is 0.761. The Morgan fingerprint density at radius 3 is 2.87 bits per heavy atom. The SMILES string of the molecule is CNC(C)C(C)N1CCOC2CCCC21. The monoisotopic (exact) mass is 212 g/mol. The van der Waals surface area contributed by atoms with Crippen molar-refractivity contribution >= 4 is 0 Å². The lowest BCUT2D eigenvalue weighted by Crippen LogP contribution is -2.56. The van der Waals surface area contributed by atoms with Crippen molar-refractivity contribution in [3.63, 3.8) is 0 Å². The Hall–Kier alpha value is -0.120. The molecule has 0 aromatic carbocycles. The molecule has 1 saturated carbocycles. The molecular formula is C12H24N2O. The number of ether oxygens (including phenoxy) is 1. The molecule has 0 radical (unpaired) electrons. The number of likely N-dealkylation sites (N-methyl/N-ethyl adjacent to an activating group) is 1. The summed E-state index contributed by atoms with van der Waals surface area (Å²) in [5, 5.41) is 3.36. The third kappa shape index (κ3) is 2.19. The fourth-order valence-corrected chi connectivity index (χ4v) is 2.99. The second-order valence-electron chi connectivity index (χ2n) is 4.96. The van der Waals surface area contributed by atoms with Crippen LogP contribution in [0.1, 0.15) is 33.1 Å². The molecular weight excluding hydrogens is 188 g/mol. The third-order valence-corrected chi connectivity index (χ3v) is 4.23. The van der Waals surface area contributed by atoms with E-state index in [1.54, 1.807) is 0 Å². The van der Waals surface area contributed by atoms with E-state index in [1.807, 2.05) is 7.05 Å². The maximum Gasteiger partial charge on any atom is 0.0731 e. The number of rotatable bonds is 3. The zero-order chi connectivity index (χ0) is 10.8. The Morgan fingerprint density at radius 1 is 1.33 bits per heavy atom. The highest BCUT2D eigenvalue weighted by atomic mass is 16.5. The molecule has 15 heavy (non-hydrogen) atoms. The minimum Gasteiger partial charge on any atom is -0.375 e. The van der Waals surface area contributed by atoms with Crippen molar-refractivity contribution in [1.82, 2.24) is 10.2 Å². The van der Waals surface area contributed by atoms with Crippen LogP contribution in [-0.2, 0) is 4.74 Å². The van der Waals surface area contributed by atoms with Crippen molar-refractivity contribution in [2.45, 2.75) is 57.3 Å². The van der Waals surface area contributed by atoms with Crippen molar-refractivity contribution in [1.29, 1.82) is 0 Å². The standard InChI is InChI=1S/C12H24N2O/c1-9(13-3)10(2)14-7-8-15-12-6-4-5-11(12)14/h9-13H,4-8H2,1-3H3. The van der Waals surface area contributed by atoms with Gasteiger partial charge in [-0.1, -0.05) is 0 Å². The highest BCUT2D eigenvalue weighted by Gasteiger charge is 2.38. The lowest BCUT2D eigenvalue weighted by molar-refractivity contribution is -0.0728. The zero-order valence-electron chi connectivity index (χ0n) is 10.2. The minimum atomic E-state index is 0.519. The van der Waals surface area contributed by atoms with E-state index in [1.165, 1.54) is 19.3 Å². The fraction of sp³-hybridized carbons (Fsp3) is 1.00. The smallest absolute Gasteiger partial charge is 0.0731 e. The first kappa shape index (κ1) is 11.4. The van der Waals surface area contributed by atoms with Crippen LogP contribution in [0.5, 0.6) is 0 Å². The second kappa shape index (κ2) is 4.81. The first-order valence-corrected chi connectivity index (χ1v) is 6.28. The van der Waals surface area contributed by atoms with E-state index >= 15 is 0 Å². The highest BCUT2D eigenvalue weighted by Crippen LogP contribution is 2.31. The average Bonchev–Trinajstić information content (AvgIpc) is 2.74. The molecule has 1 aliphatic heterocycles. The van der Waals surface area contributed by atoms with Crippen molar-refractivity contribution < 1.29 is 4.74 Å². The largest absolute Gasteiger partial charge is 0.375 e. The van der Waals surface area contributed by atoms with Crippen molar-refractivity contribution in [3.05, 3.63) is 0 Å². The van der Waals surface area contributed by atoms with E-state index < -0.39 is 0 Å². The fourth-order valence-electron chi connectivity index (χ4n) is 2.99. The van der Waals surface area contributed by atoms with Gasteiger partial charge in [-0.05, 0) is 40.2 Å². The molecule has 3 nitrogen and oxygen atoms in total. The number of hydrogen-bond acceptors (Lipinski definition) is 3. The molecule has 0 aromatic rings. The van der Waals surface area contributed by atoms with Gasteiger partial charge in [0.15, 0.2) is 0 Å². The van der Waals surface area contributed by atoms with Gasteiger partial charge >= 0.3 is 0 Å². The number of morpholine rings is 1. The first-order valence-electron chi connectivity index (χ1n) is 6.28. The number of nitrogens with zero attached hydrogens (tertiary/aromatic N) is 1. The van der Waals surface area contributed by atoms with E-state index in [2.05, 4.69) is 24.1 Å². The molecule has 2 aliphatic rings.